The molecule has 0 aliphatic heterocycles. The van der Waals surface area contributed by atoms with E-state index in [0.29, 0.717) is 0 Å². The summed E-state index contributed by atoms with van der Waals surface area (Å²) in [7, 11) is 0. The van der Waals surface area contributed by atoms with E-state index >= 15 is 0 Å². The normalized spacial score (nSPS) is 7.68. The lowest BCUT2D eigenvalue weighted by atomic mass is 10.1. The van der Waals surface area contributed by atoms with Crippen LogP contribution in [0.3, 0.4) is 0 Å². The molecule has 0 spiro atoms. The minimum absolute atomic E-state index is 0.723. The molecule has 1 heteroatoms. The van der Waals surface area contributed by atoms with Gasteiger partial charge in [0.15, 0.2) is 0 Å². The van der Waals surface area contributed by atoms with Crippen molar-refractivity contribution in [2.75, 3.05) is 0 Å². The Bertz CT molecular complexity index is 509. The van der Waals surface area contributed by atoms with Crippen LogP contribution in [0.4, 0.5) is 0 Å². The molecule has 116 valence electrons. The number of aliphatic imine (C=N–C) groups is 1. The standard InChI is InChI=1S/C9H10.C8H9N.C2H6.C2H2/c1-8(2)9-6-4-3-5-7-9;1-9-7-8-5-3-2-4-6-8;2*1-2/h3-7H,1H2,2H3;2-6H,1,7H2;1-2H3;1-2H. The molecule has 0 fully saturated rings. The molecule has 0 aliphatic rings. The highest BCUT2D eigenvalue weighted by Crippen LogP contribution is 2.08. The predicted molar refractivity (Wildman–Crippen MR) is 102 cm³/mol. The zero-order valence-electron chi connectivity index (χ0n) is 14.0. The first kappa shape index (κ1) is 21.7. The Balaban J connectivity index is 0. The van der Waals surface area contributed by atoms with Crippen molar-refractivity contribution < 1.29 is 0 Å². The molecule has 0 aliphatic carbocycles. The van der Waals surface area contributed by atoms with Crippen molar-refractivity contribution >= 4 is 12.3 Å². The van der Waals surface area contributed by atoms with Crippen LogP contribution in [0.1, 0.15) is 31.9 Å². The molecule has 1 nitrogen and oxygen atoms in total. The van der Waals surface area contributed by atoms with Crippen LogP contribution in [-0.2, 0) is 6.54 Å². The summed E-state index contributed by atoms with van der Waals surface area (Å²) in [6, 6.07) is 20.2. The van der Waals surface area contributed by atoms with Crippen molar-refractivity contribution in [1.29, 1.82) is 0 Å². The van der Waals surface area contributed by atoms with Crippen LogP contribution in [0.15, 0.2) is 72.2 Å². The van der Waals surface area contributed by atoms with Gasteiger partial charge in [-0.3, -0.25) is 4.99 Å². The maximum absolute atomic E-state index is 4.00. The van der Waals surface area contributed by atoms with Gasteiger partial charge in [-0.1, -0.05) is 86.7 Å². The number of benzene rings is 2. The quantitative estimate of drug-likeness (QED) is 0.495. The van der Waals surface area contributed by atoms with Gasteiger partial charge in [0, 0.05) is 0 Å². The molecule has 0 aromatic heterocycles. The Morgan fingerprint density at radius 1 is 0.909 bits per heavy atom. The summed E-state index contributed by atoms with van der Waals surface area (Å²) in [5.74, 6) is 0. The van der Waals surface area contributed by atoms with Gasteiger partial charge in [-0.05, 0) is 24.8 Å². The van der Waals surface area contributed by atoms with E-state index in [2.05, 4.69) is 43.3 Å². The Hall–Kier alpha value is -2.59. The summed E-state index contributed by atoms with van der Waals surface area (Å²) in [5, 5.41) is 0. The topological polar surface area (TPSA) is 12.4 Å². The highest BCUT2D eigenvalue weighted by Gasteiger charge is 1.86. The molecule has 0 saturated carbocycles. The van der Waals surface area contributed by atoms with E-state index in [0.717, 1.165) is 12.1 Å². The molecule has 2 rings (SSSR count). The van der Waals surface area contributed by atoms with Crippen molar-refractivity contribution in [2.24, 2.45) is 4.99 Å². The first-order valence-corrected chi connectivity index (χ1v) is 7.24. The van der Waals surface area contributed by atoms with Crippen LogP contribution in [0.2, 0.25) is 0 Å². The Kier molecular flexibility index (Phi) is 16.2. The lowest BCUT2D eigenvalue weighted by Gasteiger charge is -1.94. The van der Waals surface area contributed by atoms with E-state index in [4.69, 9.17) is 0 Å². The highest BCUT2D eigenvalue weighted by molar-refractivity contribution is 5.60. The van der Waals surface area contributed by atoms with Crippen molar-refractivity contribution in [2.45, 2.75) is 27.3 Å². The van der Waals surface area contributed by atoms with E-state index in [1.54, 1.807) is 0 Å². The summed E-state index contributed by atoms with van der Waals surface area (Å²) < 4.78 is 0. The zero-order valence-corrected chi connectivity index (χ0v) is 14.0. The third-order valence-corrected chi connectivity index (χ3v) is 2.40. The zero-order chi connectivity index (χ0) is 17.2. The van der Waals surface area contributed by atoms with Gasteiger partial charge in [0.1, 0.15) is 0 Å². The third-order valence-electron chi connectivity index (χ3n) is 2.40. The van der Waals surface area contributed by atoms with E-state index < -0.39 is 0 Å². The van der Waals surface area contributed by atoms with E-state index in [-0.39, 0.29) is 0 Å². The number of allylic oxidation sites excluding steroid dienone is 1. The molecule has 0 radical (unpaired) electrons. The molecular weight excluding hydrogens is 266 g/mol. The number of hydrogen-bond donors (Lipinski definition) is 0. The van der Waals surface area contributed by atoms with Gasteiger partial charge in [0.2, 0.25) is 0 Å². The third kappa shape index (κ3) is 11.3. The van der Waals surface area contributed by atoms with Crippen molar-refractivity contribution in [3.63, 3.8) is 0 Å². The van der Waals surface area contributed by atoms with Crippen LogP contribution >= 0.6 is 0 Å². The second-order valence-electron chi connectivity index (χ2n) is 4.01. The molecule has 0 amide bonds. The number of rotatable bonds is 3. The fraction of sp³-hybridized carbons (Fsp3) is 0.190. The molecule has 0 saturated heterocycles. The van der Waals surface area contributed by atoms with E-state index in [9.17, 15) is 0 Å². The largest absolute Gasteiger partial charge is 0.296 e. The molecule has 22 heavy (non-hydrogen) atoms. The molecule has 2 aromatic carbocycles. The second kappa shape index (κ2) is 16.5. The monoisotopic (exact) mass is 293 g/mol. The molecule has 0 bridgehead atoms. The van der Waals surface area contributed by atoms with Crippen LogP contribution < -0.4 is 0 Å². The molecule has 0 atom stereocenters. The van der Waals surface area contributed by atoms with Gasteiger partial charge >= 0.3 is 0 Å². The summed E-state index contributed by atoms with van der Waals surface area (Å²) in [6.07, 6.45) is 8.00. The smallest absolute Gasteiger partial charge is 0.0632 e. The molecule has 0 unspecified atom stereocenters. The van der Waals surface area contributed by atoms with Gasteiger partial charge in [0.05, 0.1) is 6.54 Å². The van der Waals surface area contributed by atoms with Crippen LogP contribution in [-0.4, -0.2) is 6.72 Å². The highest BCUT2D eigenvalue weighted by atomic mass is 14.7. The summed E-state index contributed by atoms with van der Waals surface area (Å²) in [5.41, 5.74) is 3.56. The molecule has 0 heterocycles. The Morgan fingerprint density at radius 3 is 1.64 bits per heavy atom. The van der Waals surface area contributed by atoms with E-state index in [1.807, 2.05) is 69.3 Å². The van der Waals surface area contributed by atoms with Gasteiger partial charge in [-0.15, -0.1) is 12.8 Å². The van der Waals surface area contributed by atoms with Crippen molar-refractivity contribution in [1.82, 2.24) is 0 Å². The van der Waals surface area contributed by atoms with Crippen molar-refractivity contribution in [3.05, 3.63) is 78.4 Å². The fourth-order valence-corrected chi connectivity index (χ4v) is 1.44. The van der Waals surface area contributed by atoms with Gasteiger partial charge in [0.25, 0.3) is 0 Å². The van der Waals surface area contributed by atoms with Crippen LogP contribution in [0.25, 0.3) is 5.57 Å². The van der Waals surface area contributed by atoms with E-state index in [1.165, 1.54) is 11.1 Å². The second-order valence-corrected chi connectivity index (χ2v) is 4.01. The lowest BCUT2D eigenvalue weighted by Crippen LogP contribution is -1.76. The fourth-order valence-electron chi connectivity index (χ4n) is 1.44. The lowest BCUT2D eigenvalue weighted by molar-refractivity contribution is 1.08. The average molecular weight is 293 g/mol. The summed E-state index contributed by atoms with van der Waals surface area (Å²) >= 11 is 0. The van der Waals surface area contributed by atoms with Gasteiger partial charge in [-0.25, -0.2) is 0 Å². The number of terminal acetylenes is 1. The van der Waals surface area contributed by atoms with Gasteiger partial charge in [-0.2, -0.15) is 0 Å². The maximum Gasteiger partial charge on any atom is 0.0632 e. The van der Waals surface area contributed by atoms with Crippen LogP contribution in [0, 0.1) is 12.8 Å². The summed E-state index contributed by atoms with van der Waals surface area (Å²) in [4.78, 5) is 3.76. The first-order valence-electron chi connectivity index (χ1n) is 7.24. The number of nitrogens with zero attached hydrogens (tertiary/aromatic N) is 1. The number of hydrogen-bond acceptors (Lipinski definition) is 1. The predicted octanol–water partition coefficient (Wildman–Crippen LogP) is 5.88. The molecule has 2 aromatic rings. The first-order chi connectivity index (χ1) is 10.7. The van der Waals surface area contributed by atoms with Gasteiger partial charge < -0.3 is 0 Å². The average Bonchev–Trinajstić information content (AvgIpc) is 2.61. The minimum atomic E-state index is 0.723. The summed E-state index contributed by atoms with van der Waals surface area (Å²) in [6.45, 7) is 14.0. The maximum atomic E-state index is 4.00. The minimum Gasteiger partial charge on any atom is -0.296 e. The van der Waals surface area contributed by atoms with Crippen molar-refractivity contribution in [3.8, 4) is 12.8 Å². The van der Waals surface area contributed by atoms with Crippen LogP contribution in [0.5, 0.6) is 0 Å². The molecule has 0 N–H and O–H groups in total. The Morgan fingerprint density at radius 2 is 1.32 bits per heavy atom. The SMILES string of the molecule is C#C.C=C(C)c1ccccc1.C=NCc1ccccc1.CC. The Labute approximate surface area is 136 Å². The molecular formula is C21H27N.